The van der Waals surface area contributed by atoms with Crippen LogP contribution in [0.15, 0.2) is 29.2 Å². The summed E-state index contributed by atoms with van der Waals surface area (Å²) in [5.74, 6) is -0.0774. The highest BCUT2D eigenvalue weighted by atomic mass is 32.2. The van der Waals surface area contributed by atoms with Crippen molar-refractivity contribution in [3.05, 3.63) is 29.8 Å². The molecule has 0 amide bonds. The predicted octanol–water partition coefficient (Wildman–Crippen LogP) is 1.59. The lowest BCUT2D eigenvalue weighted by Crippen LogP contribution is -2.27. The Balaban J connectivity index is 2.80. The first-order chi connectivity index (χ1) is 9.01. The Morgan fingerprint density at radius 3 is 2.68 bits per heavy atom. The molecule has 0 heterocycles. The Morgan fingerprint density at radius 2 is 2.05 bits per heavy atom. The molecule has 1 aromatic rings. The molecule has 1 N–H and O–H groups in total. The van der Waals surface area contributed by atoms with E-state index in [-0.39, 0.29) is 17.2 Å². The molecule has 0 aliphatic heterocycles. The molecule has 106 valence electrons. The molecule has 0 radical (unpaired) electrons. The molecule has 0 fully saturated rings. The molecule has 1 rings (SSSR count). The molecule has 19 heavy (non-hydrogen) atoms. The Kier molecular flexibility index (Phi) is 6.14. The minimum atomic E-state index is -3.59. The van der Waals surface area contributed by atoms with Crippen LogP contribution in [0.1, 0.15) is 30.6 Å². The van der Waals surface area contributed by atoms with Gasteiger partial charge in [-0.25, -0.2) is 13.1 Å². The first-order valence-corrected chi connectivity index (χ1v) is 7.70. The summed E-state index contributed by atoms with van der Waals surface area (Å²) >= 11 is 0. The van der Waals surface area contributed by atoms with E-state index in [0.717, 1.165) is 0 Å². The molecular formula is C13H19NO4S. The zero-order valence-corrected chi connectivity index (χ0v) is 12.0. The Bertz CT molecular complexity index is 525. The minimum absolute atomic E-state index is 0.0774. The van der Waals surface area contributed by atoms with Crippen LogP contribution in [0.5, 0.6) is 0 Å². The molecule has 0 saturated carbocycles. The second-order valence-corrected chi connectivity index (χ2v) is 5.67. The lowest BCUT2D eigenvalue weighted by Gasteiger charge is -2.08. The summed E-state index contributed by atoms with van der Waals surface area (Å²) in [6.07, 6.45) is 0.348. The van der Waals surface area contributed by atoms with Gasteiger partial charge in [0, 0.05) is 25.1 Å². The van der Waals surface area contributed by atoms with Gasteiger partial charge >= 0.3 is 0 Å². The van der Waals surface area contributed by atoms with Crippen molar-refractivity contribution in [3.8, 4) is 0 Å². The number of Topliss-reactive ketones (excluding diaryl/α,β-unsaturated/α-hetero) is 1. The summed E-state index contributed by atoms with van der Waals surface area (Å²) in [6.45, 7) is 4.66. The van der Waals surface area contributed by atoms with Crippen LogP contribution in [-0.2, 0) is 14.8 Å². The maximum atomic E-state index is 12.0. The van der Waals surface area contributed by atoms with Crippen LogP contribution in [0, 0.1) is 0 Å². The molecule has 0 aliphatic carbocycles. The maximum absolute atomic E-state index is 12.0. The third-order valence-corrected chi connectivity index (χ3v) is 3.99. The number of carbonyl (C=O) groups is 1. The SMILES string of the molecule is CCOCCNS(=O)(=O)c1cccc(C(=O)CC)c1. The second-order valence-electron chi connectivity index (χ2n) is 3.90. The van der Waals surface area contributed by atoms with E-state index in [2.05, 4.69) is 4.72 Å². The van der Waals surface area contributed by atoms with Gasteiger partial charge in [-0.1, -0.05) is 19.1 Å². The summed E-state index contributed by atoms with van der Waals surface area (Å²) in [5.41, 5.74) is 0.412. The van der Waals surface area contributed by atoms with Crippen LogP contribution >= 0.6 is 0 Å². The van der Waals surface area contributed by atoms with Gasteiger partial charge in [-0.2, -0.15) is 0 Å². The number of ketones is 1. The minimum Gasteiger partial charge on any atom is -0.380 e. The fourth-order valence-corrected chi connectivity index (χ4v) is 2.58. The van der Waals surface area contributed by atoms with Gasteiger partial charge in [0.2, 0.25) is 10.0 Å². The molecule has 0 aliphatic rings. The van der Waals surface area contributed by atoms with Crippen molar-refractivity contribution in [3.63, 3.8) is 0 Å². The van der Waals surface area contributed by atoms with E-state index in [4.69, 9.17) is 4.74 Å². The van der Waals surface area contributed by atoms with E-state index in [1.807, 2.05) is 6.92 Å². The van der Waals surface area contributed by atoms with Crippen LogP contribution in [0.4, 0.5) is 0 Å². The fraction of sp³-hybridized carbons (Fsp3) is 0.462. The summed E-state index contributed by atoms with van der Waals surface area (Å²) in [7, 11) is -3.59. The van der Waals surface area contributed by atoms with Crippen LogP contribution in [0.2, 0.25) is 0 Å². The molecule has 0 unspecified atom stereocenters. The van der Waals surface area contributed by atoms with Gasteiger partial charge in [0.05, 0.1) is 11.5 Å². The van der Waals surface area contributed by atoms with Crippen molar-refractivity contribution in [2.45, 2.75) is 25.2 Å². The van der Waals surface area contributed by atoms with Crippen molar-refractivity contribution in [1.82, 2.24) is 4.72 Å². The van der Waals surface area contributed by atoms with Gasteiger partial charge in [0.25, 0.3) is 0 Å². The molecule has 5 nitrogen and oxygen atoms in total. The number of benzene rings is 1. The van der Waals surface area contributed by atoms with Crippen LogP contribution in [0.25, 0.3) is 0 Å². The van der Waals surface area contributed by atoms with E-state index >= 15 is 0 Å². The molecule has 0 atom stereocenters. The van der Waals surface area contributed by atoms with Gasteiger partial charge in [-0.15, -0.1) is 0 Å². The van der Waals surface area contributed by atoms with Gasteiger partial charge in [0.1, 0.15) is 0 Å². The van der Waals surface area contributed by atoms with Crippen molar-refractivity contribution >= 4 is 15.8 Å². The van der Waals surface area contributed by atoms with Crippen LogP contribution in [0.3, 0.4) is 0 Å². The summed E-state index contributed by atoms with van der Waals surface area (Å²) in [6, 6.07) is 6.05. The normalized spacial score (nSPS) is 11.5. The van der Waals surface area contributed by atoms with Crippen LogP contribution < -0.4 is 4.72 Å². The second kappa shape index (κ2) is 7.37. The molecule has 0 aromatic heterocycles. The van der Waals surface area contributed by atoms with E-state index in [1.54, 1.807) is 19.1 Å². The van der Waals surface area contributed by atoms with Gasteiger partial charge in [0.15, 0.2) is 5.78 Å². The summed E-state index contributed by atoms with van der Waals surface area (Å²) in [4.78, 5) is 11.7. The van der Waals surface area contributed by atoms with Gasteiger partial charge < -0.3 is 4.74 Å². The highest BCUT2D eigenvalue weighted by molar-refractivity contribution is 7.89. The van der Waals surface area contributed by atoms with Crippen molar-refractivity contribution in [1.29, 1.82) is 0 Å². The molecular weight excluding hydrogens is 266 g/mol. The molecule has 0 bridgehead atoms. The number of nitrogens with one attached hydrogen (secondary N) is 1. The highest BCUT2D eigenvalue weighted by Crippen LogP contribution is 2.12. The molecule has 0 saturated heterocycles. The maximum Gasteiger partial charge on any atom is 0.240 e. The van der Waals surface area contributed by atoms with Crippen molar-refractivity contribution in [2.75, 3.05) is 19.8 Å². The summed E-state index contributed by atoms with van der Waals surface area (Å²) < 4.78 is 31.5. The molecule has 1 aromatic carbocycles. The van der Waals surface area contributed by atoms with Crippen molar-refractivity contribution < 1.29 is 17.9 Å². The van der Waals surface area contributed by atoms with E-state index in [0.29, 0.717) is 25.2 Å². The number of carbonyl (C=O) groups excluding carboxylic acids is 1. The number of ether oxygens (including phenoxy) is 1. The van der Waals surface area contributed by atoms with Gasteiger partial charge in [-0.05, 0) is 19.1 Å². The largest absolute Gasteiger partial charge is 0.380 e. The van der Waals surface area contributed by atoms with E-state index in [9.17, 15) is 13.2 Å². The third-order valence-electron chi connectivity index (χ3n) is 2.53. The monoisotopic (exact) mass is 285 g/mol. The number of hydrogen-bond acceptors (Lipinski definition) is 4. The third kappa shape index (κ3) is 4.74. The Labute approximate surface area is 114 Å². The molecule has 0 spiro atoms. The van der Waals surface area contributed by atoms with Crippen LogP contribution in [-0.4, -0.2) is 34.0 Å². The average molecular weight is 285 g/mol. The highest BCUT2D eigenvalue weighted by Gasteiger charge is 2.15. The van der Waals surface area contributed by atoms with E-state index < -0.39 is 10.0 Å². The standard InChI is InChI=1S/C13H19NO4S/c1-3-13(15)11-6-5-7-12(10-11)19(16,17)14-8-9-18-4-2/h5-7,10,14H,3-4,8-9H2,1-2H3. The van der Waals surface area contributed by atoms with E-state index in [1.165, 1.54) is 12.1 Å². The van der Waals surface area contributed by atoms with Gasteiger partial charge in [-0.3, -0.25) is 4.79 Å². The Hall–Kier alpha value is -1.24. The lowest BCUT2D eigenvalue weighted by atomic mass is 10.1. The predicted molar refractivity (Wildman–Crippen MR) is 72.7 cm³/mol. The Morgan fingerprint density at radius 1 is 1.32 bits per heavy atom. The smallest absolute Gasteiger partial charge is 0.240 e. The lowest BCUT2D eigenvalue weighted by molar-refractivity contribution is 0.0988. The number of rotatable bonds is 8. The number of hydrogen-bond donors (Lipinski definition) is 1. The first-order valence-electron chi connectivity index (χ1n) is 6.22. The average Bonchev–Trinajstić information content (AvgIpc) is 2.43. The zero-order valence-electron chi connectivity index (χ0n) is 11.2. The molecule has 6 heteroatoms. The topological polar surface area (TPSA) is 72.5 Å². The first kappa shape index (κ1) is 15.8. The number of sulfonamides is 1. The zero-order chi connectivity index (χ0) is 14.3. The quantitative estimate of drug-likeness (QED) is 0.581. The fourth-order valence-electron chi connectivity index (χ4n) is 1.52. The summed E-state index contributed by atoms with van der Waals surface area (Å²) in [5, 5.41) is 0. The van der Waals surface area contributed by atoms with Crippen molar-refractivity contribution in [2.24, 2.45) is 0 Å².